The first-order chi connectivity index (χ1) is 10.8. The number of thiophene rings is 1. The van der Waals surface area contributed by atoms with Gasteiger partial charge in [-0.05, 0) is 32.9 Å². The summed E-state index contributed by atoms with van der Waals surface area (Å²) in [6.07, 6.45) is 1.69. The minimum Gasteiger partial charge on any atom is -0.480 e. The maximum absolute atomic E-state index is 11.1. The van der Waals surface area contributed by atoms with Gasteiger partial charge in [0.1, 0.15) is 10.6 Å². The third kappa shape index (κ3) is 2.57. The largest absolute Gasteiger partial charge is 0.480 e. The number of methoxy groups -OCH3 is 1. The molecule has 0 aliphatic heterocycles. The van der Waals surface area contributed by atoms with Crippen molar-refractivity contribution >= 4 is 28.2 Å². The van der Waals surface area contributed by atoms with Crippen LogP contribution in [0.4, 0.5) is 0 Å². The number of ether oxygens (including phenoxy) is 1. The van der Waals surface area contributed by atoms with Gasteiger partial charge in [-0.2, -0.15) is 5.10 Å². The highest BCUT2D eigenvalue weighted by atomic mass is 32.1. The summed E-state index contributed by atoms with van der Waals surface area (Å²) in [6, 6.07) is 3.53. The second kappa shape index (κ2) is 5.34. The van der Waals surface area contributed by atoms with E-state index in [2.05, 4.69) is 25.8 Å². The fraction of sp³-hybridized carbons (Fsp3) is 0.312. The van der Waals surface area contributed by atoms with E-state index in [0.29, 0.717) is 11.6 Å². The first-order valence-electron chi connectivity index (χ1n) is 7.07. The lowest BCUT2D eigenvalue weighted by Crippen LogP contribution is -2.22. The van der Waals surface area contributed by atoms with Gasteiger partial charge in [-0.3, -0.25) is 4.68 Å². The van der Waals surface area contributed by atoms with Crippen molar-refractivity contribution in [1.82, 2.24) is 14.8 Å². The molecular weight excluding hydrogens is 314 g/mol. The number of pyridine rings is 1. The van der Waals surface area contributed by atoms with Crippen molar-refractivity contribution in [3.8, 4) is 17.1 Å². The quantitative estimate of drug-likeness (QED) is 0.793. The second-order valence-corrected chi connectivity index (χ2v) is 7.06. The first kappa shape index (κ1) is 15.5. The Bertz CT molecular complexity index is 890. The van der Waals surface area contributed by atoms with E-state index >= 15 is 0 Å². The fourth-order valence-electron chi connectivity index (χ4n) is 2.48. The Balaban J connectivity index is 2.33. The van der Waals surface area contributed by atoms with Crippen LogP contribution in [0.15, 0.2) is 23.7 Å². The molecule has 0 radical (unpaired) electrons. The Kier molecular flexibility index (Phi) is 3.60. The van der Waals surface area contributed by atoms with E-state index in [1.54, 1.807) is 24.8 Å². The molecule has 0 saturated carbocycles. The molecule has 3 rings (SSSR count). The molecule has 1 N–H and O–H groups in total. The van der Waals surface area contributed by atoms with Crippen LogP contribution in [0.1, 0.15) is 30.4 Å². The fourth-order valence-corrected chi connectivity index (χ4v) is 3.21. The SMILES string of the molecule is COc1nccc2c1c(-c1csc(C(=O)O)c1)nn2C(C)(C)C. The Hall–Kier alpha value is -2.41. The average Bonchev–Trinajstić information content (AvgIpc) is 3.10. The van der Waals surface area contributed by atoms with Gasteiger partial charge in [0.25, 0.3) is 0 Å². The number of carboxylic acids is 1. The number of hydrogen-bond donors (Lipinski definition) is 1. The molecule has 6 nitrogen and oxygen atoms in total. The Morgan fingerprint density at radius 3 is 2.70 bits per heavy atom. The summed E-state index contributed by atoms with van der Waals surface area (Å²) in [5, 5.41) is 16.5. The summed E-state index contributed by atoms with van der Waals surface area (Å²) < 4.78 is 7.31. The standard InChI is InChI=1S/C16H17N3O3S/c1-16(2,3)19-10-5-6-17-14(22-4)12(10)13(18-19)9-7-11(15(20)21)23-8-9/h5-8H,1-4H3,(H,20,21). The van der Waals surface area contributed by atoms with Crippen LogP contribution in [0.5, 0.6) is 5.88 Å². The Morgan fingerprint density at radius 2 is 2.13 bits per heavy atom. The molecule has 7 heteroatoms. The smallest absolute Gasteiger partial charge is 0.345 e. The third-order valence-corrected chi connectivity index (χ3v) is 4.39. The van der Waals surface area contributed by atoms with Crippen LogP contribution in [-0.2, 0) is 5.54 Å². The van der Waals surface area contributed by atoms with Crippen molar-refractivity contribution in [2.45, 2.75) is 26.3 Å². The number of aromatic nitrogens is 3. The van der Waals surface area contributed by atoms with Gasteiger partial charge in [0.05, 0.1) is 23.6 Å². The zero-order chi connectivity index (χ0) is 16.8. The third-order valence-electron chi connectivity index (χ3n) is 3.47. The molecule has 0 atom stereocenters. The van der Waals surface area contributed by atoms with Crippen molar-refractivity contribution in [1.29, 1.82) is 0 Å². The molecule has 3 aromatic rings. The van der Waals surface area contributed by atoms with Crippen LogP contribution in [0.3, 0.4) is 0 Å². The summed E-state index contributed by atoms with van der Waals surface area (Å²) in [5.41, 5.74) is 2.12. The highest BCUT2D eigenvalue weighted by Gasteiger charge is 2.24. The number of nitrogens with zero attached hydrogens (tertiary/aromatic N) is 3. The van der Waals surface area contributed by atoms with E-state index in [-0.39, 0.29) is 10.4 Å². The number of fused-ring (bicyclic) bond motifs is 1. The molecule has 0 aliphatic carbocycles. The Labute approximate surface area is 137 Å². The van der Waals surface area contributed by atoms with Crippen molar-refractivity contribution in [2.24, 2.45) is 0 Å². The summed E-state index contributed by atoms with van der Waals surface area (Å²) in [7, 11) is 1.57. The summed E-state index contributed by atoms with van der Waals surface area (Å²) >= 11 is 1.18. The molecule has 0 unspecified atom stereocenters. The number of aromatic carboxylic acids is 1. The van der Waals surface area contributed by atoms with Gasteiger partial charge in [0.15, 0.2) is 0 Å². The normalized spacial score (nSPS) is 11.8. The van der Waals surface area contributed by atoms with Gasteiger partial charge < -0.3 is 9.84 Å². The van der Waals surface area contributed by atoms with E-state index in [0.717, 1.165) is 16.5 Å². The molecule has 120 valence electrons. The molecule has 0 aliphatic rings. The molecule has 23 heavy (non-hydrogen) atoms. The molecule has 0 saturated heterocycles. The summed E-state index contributed by atoms with van der Waals surface area (Å²) in [4.78, 5) is 15.7. The van der Waals surface area contributed by atoms with Gasteiger partial charge in [0.2, 0.25) is 5.88 Å². The van der Waals surface area contributed by atoms with Gasteiger partial charge in [-0.1, -0.05) is 0 Å². The predicted molar refractivity (Wildman–Crippen MR) is 89.3 cm³/mol. The van der Waals surface area contributed by atoms with Gasteiger partial charge in [-0.25, -0.2) is 9.78 Å². The topological polar surface area (TPSA) is 77.2 Å². The molecule has 0 bridgehead atoms. The molecule has 3 heterocycles. The van der Waals surface area contributed by atoms with Crippen LogP contribution in [-0.4, -0.2) is 33.0 Å². The van der Waals surface area contributed by atoms with Crippen molar-refractivity contribution in [2.75, 3.05) is 7.11 Å². The average molecular weight is 331 g/mol. The minimum absolute atomic E-state index is 0.228. The predicted octanol–water partition coefficient (Wildman–Crippen LogP) is 3.62. The van der Waals surface area contributed by atoms with Gasteiger partial charge in [-0.15, -0.1) is 11.3 Å². The summed E-state index contributed by atoms with van der Waals surface area (Å²) in [6.45, 7) is 6.19. The van der Waals surface area contributed by atoms with Crippen molar-refractivity contribution in [3.63, 3.8) is 0 Å². The highest BCUT2D eigenvalue weighted by molar-refractivity contribution is 7.12. The lowest BCUT2D eigenvalue weighted by molar-refractivity contribution is 0.0702. The minimum atomic E-state index is -0.939. The van der Waals surface area contributed by atoms with Crippen LogP contribution in [0, 0.1) is 0 Å². The highest BCUT2D eigenvalue weighted by Crippen LogP contribution is 2.37. The maximum Gasteiger partial charge on any atom is 0.345 e. The molecule has 0 amide bonds. The second-order valence-electron chi connectivity index (χ2n) is 6.15. The molecule has 0 fully saturated rings. The van der Waals surface area contributed by atoms with Gasteiger partial charge >= 0.3 is 5.97 Å². The van der Waals surface area contributed by atoms with Crippen LogP contribution < -0.4 is 4.74 Å². The molecule has 0 spiro atoms. The van der Waals surface area contributed by atoms with Gasteiger partial charge in [0, 0.05) is 17.1 Å². The van der Waals surface area contributed by atoms with E-state index in [9.17, 15) is 4.79 Å². The summed E-state index contributed by atoms with van der Waals surface area (Å²) in [5.74, 6) is -0.457. The molecule has 0 aromatic carbocycles. The lowest BCUT2D eigenvalue weighted by atomic mass is 10.1. The number of carboxylic acid groups (broad SMARTS) is 1. The lowest BCUT2D eigenvalue weighted by Gasteiger charge is -2.20. The molecular formula is C16H17N3O3S. The van der Waals surface area contributed by atoms with Crippen LogP contribution in [0.2, 0.25) is 0 Å². The zero-order valence-electron chi connectivity index (χ0n) is 13.3. The first-order valence-corrected chi connectivity index (χ1v) is 7.95. The molecule has 3 aromatic heterocycles. The number of rotatable bonds is 3. The Morgan fingerprint density at radius 1 is 1.39 bits per heavy atom. The number of carbonyl (C=O) groups is 1. The van der Waals surface area contributed by atoms with Crippen LogP contribution in [0.25, 0.3) is 22.2 Å². The maximum atomic E-state index is 11.1. The van der Waals surface area contributed by atoms with E-state index < -0.39 is 5.97 Å². The van der Waals surface area contributed by atoms with E-state index in [1.165, 1.54) is 11.3 Å². The number of hydrogen-bond acceptors (Lipinski definition) is 5. The van der Waals surface area contributed by atoms with E-state index in [4.69, 9.17) is 14.9 Å². The van der Waals surface area contributed by atoms with Crippen molar-refractivity contribution < 1.29 is 14.6 Å². The monoisotopic (exact) mass is 331 g/mol. The van der Waals surface area contributed by atoms with Crippen LogP contribution >= 0.6 is 11.3 Å². The zero-order valence-corrected chi connectivity index (χ0v) is 14.1. The van der Waals surface area contributed by atoms with Crippen molar-refractivity contribution in [3.05, 3.63) is 28.6 Å². The van der Waals surface area contributed by atoms with E-state index in [1.807, 2.05) is 10.7 Å².